The second-order valence-electron chi connectivity index (χ2n) is 11.0. The summed E-state index contributed by atoms with van der Waals surface area (Å²) in [7, 11) is 1.68. The van der Waals surface area contributed by atoms with E-state index in [2.05, 4.69) is 36.7 Å². The van der Waals surface area contributed by atoms with Crippen LogP contribution in [0.1, 0.15) is 37.9 Å². The van der Waals surface area contributed by atoms with Crippen LogP contribution in [0.5, 0.6) is 0 Å². The Morgan fingerprint density at radius 1 is 1.18 bits per heavy atom. The second-order valence-corrected chi connectivity index (χ2v) is 11.0. The molecule has 0 aliphatic heterocycles. The third-order valence-corrected chi connectivity index (χ3v) is 7.62. The van der Waals surface area contributed by atoms with Gasteiger partial charge in [-0.2, -0.15) is 5.10 Å². The van der Waals surface area contributed by atoms with Gasteiger partial charge in [0.2, 0.25) is 0 Å². The molecule has 1 saturated carbocycles. The molecule has 2 atom stereocenters. The summed E-state index contributed by atoms with van der Waals surface area (Å²) < 4.78 is 2.06. The van der Waals surface area contributed by atoms with Gasteiger partial charge in [0.25, 0.3) is 0 Å². The molecule has 2 aromatic carbocycles. The van der Waals surface area contributed by atoms with Gasteiger partial charge in [-0.3, -0.25) is 4.99 Å². The van der Waals surface area contributed by atoms with Crippen LogP contribution in [-0.4, -0.2) is 38.6 Å². The van der Waals surface area contributed by atoms with Gasteiger partial charge in [0.15, 0.2) is 0 Å². The highest BCUT2D eigenvalue weighted by Crippen LogP contribution is 2.46. The number of nitrogens with zero attached hydrogens (tertiary/aromatic N) is 4. The average molecular weight is 526 g/mol. The van der Waals surface area contributed by atoms with Gasteiger partial charge in [0, 0.05) is 42.4 Å². The van der Waals surface area contributed by atoms with Gasteiger partial charge in [0.1, 0.15) is 0 Å². The smallest absolute Gasteiger partial charge is 0.339 e. The molecule has 0 bridgehead atoms. The van der Waals surface area contributed by atoms with Crippen LogP contribution in [0, 0.1) is 11.8 Å². The quantitative estimate of drug-likeness (QED) is 0.150. The number of carbonyl (C=O) groups is 1. The number of aliphatic carboxylic acids is 1. The lowest BCUT2D eigenvalue weighted by Gasteiger charge is -2.21. The molecule has 0 spiro atoms. The maximum absolute atomic E-state index is 12.0. The van der Waals surface area contributed by atoms with Crippen LogP contribution in [0.3, 0.4) is 0 Å². The van der Waals surface area contributed by atoms with Crippen molar-refractivity contribution >= 4 is 17.4 Å². The summed E-state index contributed by atoms with van der Waals surface area (Å²) >= 11 is 0. The normalized spacial score (nSPS) is 20.6. The fraction of sp³-hybridized carbons (Fsp3) is 0.300. The minimum Gasteiger partial charge on any atom is -0.478 e. The van der Waals surface area contributed by atoms with Crippen molar-refractivity contribution in [2.24, 2.45) is 34.1 Å². The molecule has 202 valence electrons. The molecule has 1 unspecified atom stereocenters. The zero-order valence-corrected chi connectivity index (χ0v) is 22.5. The van der Waals surface area contributed by atoms with Gasteiger partial charge in [-0.25, -0.2) is 15.3 Å². The number of rotatable bonds is 8. The fourth-order valence-corrected chi connectivity index (χ4v) is 5.56. The molecular formula is C30H35N7O2. The molecule has 2 aliphatic carbocycles. The van der Waals surface area contributed by atoms with Crippen molar-refractivity contribution in [3.05, 3.63) is 89.7 Å². The van der Waals surface area contributed by atoms with Crippen molar-refractivity contribution in [1.82, 2.24) is 14.8 Å². The minimum absolute atomic E-state index is 0.0287. The van der Waals surface area contributed by atoms with Gasteiger partial charge >= 0.3 is 5.97 Å². The number of aliphatic imine (C=N–C) groups is 1. The zero-order chi connectivity index (χ0) is 27.9. The molecule has 1 aromatic heterocycles. The third-order valence-electron chi connectivity index (χ3n) is 7.62. The molecule has 0 saturated heterocycles. The number of aromatic nitrogens is 2. The maximum Gasteiger partial charge on any atom is 0.339 e. The number of hydrogen-bond donors (Lipinski definition) is 4. The molecule has 1 fully saturated rings. The van der Waals surface area contributed by atoms with Gasteiger partial charge in [-0.1, -0.05) is 38.1 Å². The van der Waals surface area contributed by atoms with E-state index in [1.807, 2.05) is 36.5 Å². The van der Waals surface area contributed by atoms with Crippen molar-refractivity contribution in [2.45, 2.75) is 38.5 Å². The molecule has 9 heteroatoms. The Kier molecular flexibility index (Phi) is 6.78. The highest BCUT2D eigenvalue weighted by atomic mass is 16.4. The number of fused-ring (bicyclic) bond motifs is 1. The summed E-state index contributed by atoms with van der Waals surface area (Å²) in [5, 5.41) is 15.9. The predicted molar refractivity (Wildman–Crippen MR) is 153 cm³/mol. The number of carboxylic acid groups (broad SMARTS) is 1. The van der Waals surface area contributed by atoms with E-state index in [1.54, 1.807) is 13.2 Å². The maximum atomic E-state index is 12.0. The van der Waals surface area contributed by atoms with Crippen LogP contribution < -0.4 is 17.3 Å². The first-order valence-electron chi connectivity index (χ1n) is 13.1. The lowest BCUT2D eigenvalue weighted by Crippen LogP contribution is -2.22. The lowest BCUT2D eigenvalue weighted by molar-refractivity contribution is -0.132. The van der Waals surface area contributed by atoms with Crippen molar-refractivity contribution in [3.63, 3.8) is 0 Å². The van der Waals surface area contributed by atoms with Gasteiger partial charge in [-0.15, -0.1) is 0 Å². The Morgan fingerprint density at radius 2 is 1.90 bits per heavy atom. The van der Waals surface area contributed by atoms with Crippen molar-refractivity contribution in [3.8, 4) is 16.8 Å². The molecule has 39 heavy (non-hydrogen) atoms. The third kappa shape index (κ3) is 5.18. The Balaban J connectivity index is 1.50. The molecule has 0 radical (unpaired) electrons. The Morgan fingerprint density at radius 3 is 2.59 bits per heavy atom. The minimum atomic E-state index is -1.13. The SMILES string of the molecule is CN(N)/C=C(\N)C1C[C@H]1C(=Nc1cccc(-c2cccc(-n3ncc4c3C(C)(C)CC4)c2)c1)C(=CN)C(=O)O. The predicted octanol–water partition coefficient (Wildman–Crippen LogP) is 4.00. The van der Waals surface area contributed by atoms with Crippen LogP contribution in [-0.2, 0) is 16.6 Å². The summed E-state index contributed by atoms with van der Waals surface area (Å²) in [6.45, 7) is 4.53. The van der Waals surface area contributed by atoms with Gasteiger partial charge in [-0.05, 0) is 60.2 Å². The topological polar surface area (TPSA) is 149 Å². The fourth-order valence-electron chi connectivity index (χ4n) is 5.56. The average Bonchev–Trinajstić information content (AvgIpc) is 3.47. The van der Waals surface area contributed by atoms with Gasteiger partial charge in [0.05, 0.1) is 34.6 Å². The number of benzene rings is 2. The Hall–Kier alpha value is -4.37. The summed E-state index contributed by atoms with van der Waals surface area (Å²) in [6, 6.07) is 16.0. The molecule has 1 heterocycles. The van der Waals surface area contributed by atoms with E-state index in [0.717, 1.165) is 35.9 Å². The van der Waals surface area contributed by atoms with E-state index < -0.39 is 5.97 Å². The standard InChI is InChI=1S/C30H35N7O2/c1-30(2)11-10-20-16-34-37(28(20)30)22-9-5-7-19(13-22)18-6-4-8-21(12-18)35-27(25(15-31)29(38)39)24-14-23(24)26(32)17-36(3)33/h4-9,12-13,15-17,23-24H,10-11,14,31-33H2,1-3H3,(H,38,39)/b25-15?,26-17-,35-27?/t23?,24-/m1/s1. The molecule has 7 N–H and O–H groups in total. The first-order chi connectivity index (χ1) is 18.6. The number of carboxylic acids is 1. The molecule has 2 aliphatic rings. The highest BCUT2D eigenvalue weighted by molar-refractivity contribution is 6.21. The van der Waals surface area contributed by atoms with Crippen molar-refractivity contribution < 1.29 is 9.90 Å². The Labute approximate surface area is 228 Å². The van der Waals surface area contributed by atoms with Gasteiger partial charge < -0.3 is 21.6 Å². The van der Waals surface area contributed by atoms with E-state index >= 15 is 0 Å². The van der Waals surface area contributed by atoms with Crippen LogP contribution in [0.15, 0.2) is 83.4 Å². The van der Waals surface area contributed by atoms with E-state index in [9.17, 15) is 9.90 Å². The van der Waals surface area contributed by atoms with Crippen LogP contribution >= 0.6 is 0 Å². The summed E-state index contributed by atoms with van der Waals surface area (Å²) in [5.74, 6) is 4.37. The second kappa shape index (κ2) is 10.1. The van der Waals surface area contributed by atoms with E-state index in [4.69, 9.17) is 27.4 Å². The first kappa shape index (κ1) is 26.2. The number of allylic oxidation sites excluding steroid dienone is 1. The van der Waals surface area contributed by atoms with E-state index in [0.29, 0.717) is 23.5 Å². The van der Waals surface area contributed by atoms with E-state index in [1.165, 1.54) is 16.3 Å². The summed E-state index contributed by atoms with van der Waals surface area (Å²) in [5.41, 5.74) is 19.2. The van der Waals surface area contributed by atoms with Crippen LogP contribution in [0.25, 0.3) is 16.8 Å². The summed E-state index contributed by atoms with van der Waals surface area (Å²) in [4.78, 5) is 16.8. The van der Waals surface area contributed by atoms with Crippen LogP contribution in [0.2, 0.25) is 0 Å². The monoisotopic (exact) mass is 525 g/mol. The molecule has 9 nitrogen and oxygen atoms in total. The van der Waals surface area contributed by atoms with Crippen molar-refractivity contribution in [2.75, 3.05) is 7.05 Å². The largest absolute Gasteiger partial charge is 0.478 e. The number of aryl methyl sites for hydroxylation is 1. The first-order valence-corrected chi connectivity index (χ1v) is 13.1. The van der Waals surface area contributed by atoms with Crippen LogP contribution in [0.4, 0.5) is 5.69 Å². The molecule has 5 rings (SSSR count). The summed E-state index contributed by atoms with van der Waals surface area (Å²) in [6.07, 6.45) is 7.56. The van der Waals surface area contributed by atoms with Crippen molar-refractivity contribution in [1.29, 1.82) is 0 Å². The molecule has 0 amide bonds. The number of hydrogen-bond acceptors (Lipinski definition) is 7. The molecular weight excluding hydrogens is 490 g/mol. The Bertz CT molecular complexity index is 1510. The number of nitrogens with two attached hydrogens (primary N) is 3. The highest BCUT2D eigenvalue weighted by Gasteiger charge is 2.45. The lowest BCUT2D eigenvalue weighted by atomic mass is 9.90. The number of hydrazine groups is 1. The van der Waals surface area contributed by atoms with E-state index in [-0.39, 0.29) is 22.8 Å². The zero-order valence-electron chi connectivity index (χ0n) is 22.5. The molecule has 3 aromatic rings.